The molecule has 0 radical (unpaired) electrons. The minimum absolute atomic E-state index is 0.0934. The first-order chi connectivity index (χ1) is 14.2. The van der Waals surface area contributed by atoms with E-state index >= 15 is 0 Å². The average Bonchev–Trinajstić information content (AvgIpc) is 3.19. The lowest BCUT2D eigenvalue weighted by atomic mass is 9.86. The fourth-order valence-electron chi connectivity index (χ4n) is 4.37. The molecule has 29 heavy (non-hydrogen) atoms. The monoisotopic (exact) mass is 413 g/mol. The summed E-state index contributed by atoms with van der Waals surface area (Å²) in [7, 11) is 0. The molecule has 1 aromatic heterocycles. The fraction of sp³-hybridized carbons (Fsp3) is 0.591. The predicted molar refractivity (Wildman–Crippen MR) is 118 cm³/mol. The lowest BCUT2D eigenvalue weighted by Gasteiger charge is -2.29. The fourth-order valence-corrected chi connectivity index (χ4v) is 5.12. The van der Waals surface area contributed by atoms with Crippen molar-refractivity contribution in [1.82, 2.24) is 20.1 Å². The van der Waals surface area contributed by atoms with Crippen LogP contribution < -0.4 is 10.2 Å². The van der Waals surface area contributed by atoms with Crippen LogP contribution in [0.3, 0.4) is 0 Å². The van der Waals surface area contributed by atoms with Crippen molar-refractivity contribution in [3.8, 4) is 5.69 Å². The van der Waals surface area contributed by atoms with Crippen LogP contribution in [0.4, 0.5) is 5.95 Å². The van der Waals surface area contributed by atoms with E-state index in [1.54, 1.807) is 0 Å². The molecule has 2 fully saturated rings. The zero-order valence-electron chi connectivity index (χ0n) is 17.2. The summed E-state index contributed by atoms with van der Waals surface area (Å²) in [6.07, 6.45) is 8.44. The Morgan fingerprint density at radius 3 is 2.59 bits per heavy atom. The molecule has 2 heterocycles. The summed E-state index contributed by atoms with van der Waals surface area (Å²) >= 11 is 1.48. The number of piperidine rings is 1. The second-order valence-electron chi connectivity index (χ2n) is 8.23. The van der Waals surface area contributed by atoms with Crippen LogP contribution in [0.1, 0.15) is 51.9 Å². The van der Waals surface area contributed by atoms with Gasteiger partial charge in [-0.1, -0.05) is 49.7 Å². The number of anilines is 1. The molecule has 0 unspecified atom stereocenters. The van der Waals surface area contributed by atoms with Gasteiger partial charge in [0.1, 0.15) is 0 Å². The van der Waals surface area contributed by atoms with E-state index in [1.165, 1.54) is 50.3 Å². The smallest absolute Gasteiger partial charge is 0.232 e. The Kier molecular flexibility index (Phi) is 6.74. The van der Waals surface area contributed by atoms with Gasteiger partial charge in [-0.15, -0.1) is 10.2 Å². The summed E-state index contributed by atoms with van der Waals surface area (Å²) < 4.78 is 2.10. The second-order valence-corrected chi connectivity index (χ2v) is 9.17. The van der Waals surface area contributed by atoms with E-state index in [0.29, 0.717) is 17.7 Å². The Labute approximate surface area is 177 Å². The molecule has 2 atom stereocenters. The topological polar surface area (TPSA) is 63.1 Å². The molecule has 1 aromatic carbocycles. The van der Waals surface area contributed by atoms with E-state index in [9.17, 15) is 4.79 Å². The maximum atomic E-state index is 12.6. The van der Waals surface area contributed by atoms with Crippen molar-refractivity contribution >= 4 is 23.6 Å². The number of carbonyl (C=O) groups is 1. The number of para-hydroxylation sites is 1. The van der Waals surface area contributed by atoms with Crippen LogP contribution >= 0.6 is 11.8 Å². The highest BCUT2D eigenvalue weighted by molar-refractivity contribution is 7.99. The first kappa shape index (κ1) is 20.3. The van der Waals surface area contributed by atoms with Gasteiger partial charge in [0.05, 0.1) is 11.4 Å². The van der Waals surface area contributed by atoms with Crippen LogP contribution in [0, 0.1) is 5.92 Å². The van der Waals surface area contributed by atoms with Crippen LogP contribution in [-0.4, -0.2) is 45.6 Å². The summed E-state index contributed by atoms with van der Waals surface area (Å²) in [5, 5.41) is 13.0. The SMILES string of the molecule is C[C@H]1CCCC[C@@H]1NC(=O)CSc1nnc(N2CCCCC2)n1-c1ccccc1. The molecule has 4 rings (SSSR count). The van der Waals surface area contributed by atoms with Gasteiger partial charge in [-0.2, -0.15) is 0 Å². The quantitative estimate of drug-likeness (QED) is 0.724. The summed E-state index contributed by atoms with van der Waals surface area (Å²) in [5.74, 6) is 1.92. The molecule has 0 bridgehead atoms. The molecule has 1 amide bonds. The average molecular weight is 414 g/mol. The standard InChI is InChI=1S/C22H31N5OS/c1-17-10-6-7-13-19(17)23-20(28)16-29-22-25-24-21(26-14-8-3-9-15-26)27(22)18-11-4-2-5-12-18/h2,4-5,11-12,17,19H,3,6-10,13-16H2,1H3,(H,23,28)/t17-,19-/m0/s1. The van der Waals surface area contributed by atoms with E-state index in [4.69, 9.17) is 0 Å². The highest BCUT2D eigenvalue weighted by Crippen LogP contribution is 2.28. The van der Waals surface area contributed by atoms with Gasteiger partial charge in [-0.05, 0) is 50.2 Å². The highest BCUT2D eigenvalue weighted by Gasteiger charge is 2.24. The number of aromatic nitrogens is 3. The van der Waals surface area contributed by atoms with E-state index in [-0.39, 0.29) is 5.91 Å². The number of carbonyl (C=O) groups excluding carboxylic acids is 1. The number of amides is 1. The molecule has 6 nitrogen and oxygen atoms in total. The van der Waals surface area contributed by atoms with Crippen LogP contribution in [0.5, 0.6) is 0 Å². The number of hydrogen-bond acceptors (Lipinski definition) is 5. The van der Waals surface area contributed by atoms with Gasteiger partial charge in [0.15, 0.2) is 5.16 Å². The molecular weight excluding hydrogens is 382 g/mol. The molecule has 1 N–H and O–H groups in total. The van der Waals surface area contributed by atoms with Crippen molar-refractivity contribution < 1.29 is 4.79 Å². The zero-order valence-corrected chi connectivity index (χ0v) is 18.0. The first-order valence-electron chi connectivity index (χ1n) is 10.9. The maximum Gasteiger partial charge on any atom is 0.232 e. The van der Waals surface area contributed by atoms with Crippen LogP contribution in [0.2, 0.25) is 0 Å². The van der Waals surface area contributed by atoms with E-state index in [0.717, 1.165) is 36.3 Å². The van der Waals surface area contributed by atoms with E-state index in [2.05, 4.69) is 44.0 Å². The van der Waals surface area contributed by atoms with Gasteiger partial charge >= 0.3 is 0 Å². The van der Waals surface area contributed by atoms with Crippen molar-refractivity contribution in [3.63, 3.8) is 0 Å². The Hall–Kier alpha value is -2.02. The molecule has 1 aliphatic heterocycles. The van der Waals surface area contributed by atoms with Crippen molar-refractivity contribution in [2.24, 2.45) is 5.92 Å². The molecule has 2 aliphatic rings. The van der Waals surface area contributed by atoms with Crippen LogP contribution in [0.25, 0.3) is 5.69 Å². The maximum absolute atomic E-state index is 12.6. The van der Waals surface area contributed by atoms with Crippen molar-refractivity contribution in [2.75, 3.05) is 23.7 Å². The van der Waals surface area contributed by atoms with Crippen molar-refractivity contribution in [1.29, 1.82) is 0 Å². The van der Waals surface area contributed by atoms with Gasteiger partial charge in [-0.3, -0.25) is 9.36 Å². The molecule has 7 heteroatoms. The third-order valence-corrected chi connectivity index (χ3v) is 6.99. The predicted octanol–water partition coefficient (Wildman–Crippen LogP) is 4.04. The Balaban J connectivity index is 1.48. The normalized spacial score (nSPS) is 22.4. The summed E-state index contributed by atoms with van der Waals surface area (Å²) in [6.45, 7) is 4.26. The highest BCUT2D eigenvalue weighted by atomic mass is 32.2. The van der Waals surface area contributed by atoms with Gasteiger partial charge in [0.2, 0.25) is 11.9 Å². The second kappa shape index (κ2) is 9.65. The molecule has 2 aromatic rings. The van der Waals surface area contributed by atoms with Gasteiger partial charge in [-0.25, -0.2) is 0 Å². The summed E-state index contributed by atoms with van der Waals surface area (Å²) in [5.41, 5.74) is 1.04. The molecular formula is C22H31N5OS. The zero-order chi connectivity index (χ0) is 20.1. The minimum atomic E-state index is 0.0934. The third-order valence-electron chi connectivity index (χ3n) is 6.06. The Morgan fingerprint density at radius 2 is 1.83 bits per heavy atom. The van der Waals surface area contributed by atoms with Crippen LogP contribution in [0.15, 0.2) is 35.5 Å². The number of benzene rings is 1. The number of rotatable bonds is 6. The number of thioether (sulfide) groups is 1. The first-order valence-corrected chi connectivity index (χ1v) is 11.9. The van der Waals surface area contributed by atoms with Crippen molar-refractivity contribution in [3.05, 3.63) is 30.3 Å². The largest absolute Gasteiger partial charge is 0.352 e. The molecule has 156 valence electrons. The Bertz CT molecular complexity index is 803. The molecule has 1 saturated carbocycles. The summed E-state index contributed by atoms with van der Waals surface area (Å²) in [4.78, 5) is 14.9. The number of hydrogen-bond donors (Lipinski definition) is 1. The molecule has 0 spiro atoms. The van der Waals surface area contributed by atoms with Crippen molar-refractivity contribution in [2.45, 2.75) is 63.1 Å². The van der Waals surface area contributed by atoms with E-state index < -0.39 is 0 Å². The number of nitrogens with one attached hydrogen (secondary N) is 1. The summed E-state index contributed by atoms with van der Waals surface area (Å²) in [6, 6.07) is 10.5. The van der Waals surface area contributed by atoms with Gasteiger partial charge in [0, 0.05) is 19.1 Å². The van der Waals surface area contributed by atoms with E-state index in [1.807, 2.05) is 18.2 Å². The molecule has 1 aliphatic carbocycles. The number of nitrogens with zero attached hydrogens (tertiary/aromatic N) is 4. The minimum Gasteiger partial charge on any atom is -0.352 e. The lowest BCUT2D eigenvalue weighted by molar-refractivity contribution is -0.119. The third kappa shape index (κ3) is 4.94. The van der Waals surface area contributed by atoms with Gasteiger partial charge in [0.25, 0.3) is 0 Å². The Morgan fingerprint density at radius 1 is 1.07 bits per heavy atom. The molecule has 1 saturated heterocycles. The van der Waals surface area contributed by atoms with Gasteiger partial charge < -0.3 is 10.2 Å². The van der Waals surface area contributed by atoms with Crippen LogP contribution in [-0.2, 0) is 4.79 Å². The lowest BCUT2D eigenvalue weighted by Crippen LogP contribution is -2.41.